The van der Waals surface area contributed by atoms with E-state index in [2.05, 4.69) is 15.3 Å². The highest BCUT2D eigenvalue weighted by Gasteiger charge is 2.10. The van der Waals surface area contributed by atoms with Gasteiger partial charge in [-0.3, -0.25) is 9.78 Å². The number of carbonyl (C=O) groups is 1. The molecule has 0 atom stereocenters. The number of rotatable bonds is 2. The van der Waals surface area contributed by atoms with Crippen LogP contribution in [-0.4, -0.2) is 21.0 Å². The number of anilines is 1. The number of nitrogens with one attached hydrogen (secondary N) is 1. The molecule has 2 aromatic rings. The molecule has 0 radical (unpaired) electrons. The lowest BCUT2D eigenvalue weighted by atomic mass is 10.2. The van der Waals surface area contributed by atoms with Gasteiger partial charge in [-0.15, -0.1) is 0 Å². The lowest BCUT2D eigenvalue weighted by Crippen LogP contribution is -2.13. The number of nitrogens with zero attached hydrogens (tertiary/aromatic N) is 2. The number of aromatic nitrogens is 2. The molecule has 0 saturated heterocycles. The number of aromatic hydroxyl groups is 1. The largest absolute Gasteiger partial charge is 0.505 e. The predicted octanol–water partition coefficient (Wildman–Crippen LogP) is 1.74. The van der Waals surface area contributed by atoms with E-state index in [1.165, 1.54) is 18.5 Å². The molecule has 2 heterocycles. The Balaban J connectivity index is 2.17. The molecule has 0 aromatic carbocycles. The van der Waals surface area contributed by atoms with Crippen molar-refractivity contribution >= 4 is 11.7 Å². The Kier molecular flexibility index (Phi) is 3.00. The predicted molar refractivity (Wildman–Crippen MR) is 62.8 cm³/mol. The molecule has 2 aromatic heterocycles. The van der Waals surface area contributed by atoms with Crippen LogP contribution in [0.3, 0.4) is 0 Å². The highest BCUT2D eigenvalue weighted by Crippen LogP contribution is 2.15. The van der Waals surface area contributed by atoms with Crippen molar-refractivity contribution in [1.29, 1.82) is 0 Å². The van der Waals surface area contributed by atoms with Crippen LogP contribution < -0.4 is 5.32 Å². The van der Waals surface area contributed by atoms with Gasteiger partial charge < -0.3 is 10.4 Å². The van der Waals surface area contributed by atoms with Gasteiger partial charge in [-0.1, -0.05) is 6.07 Å². The molecule has 86 valence electrons. The number of hydrogen-bond acceptors (Lipinski definition) is 4. The minimum absolute atomic E-state index is 0.155. The summed E-state index contributed by atoms with van der Waals surface area (Å²) in [6, 6.07) is 4.99. The average molecular weight is 229 g/mol. The van der Waals surface area contributed by atoms with Crippen LogP contribution in [0.4, 0.5) is 5.82 Å². The first-order valence-electron chi connectivity index (χ1n) is 5.04. The van der Waals surface area contributed by atoms with E-state index in [1.807, 2.05) is 13.0 Å². The van der Waals surface area contributed by atoms with Crippen molar-refractivity contribution in [2.24, 2.45) is 0 Å². The van der Waals surface area contributed by atoms with Crippen LogP contribution in [0.1, 0.15) is 15.9 Å². The van der Waals surface area contributed by atoms with Crippen molar-refractivity contribution in [3.63, 3.8) is 0 Å². The third kappa shape index (κ3) is 2.57. The molecule has 0 aliphatic rings. The van der Waals surface area contributed by atoms with E-state index in [0.717, 1.165) is 5.56 Å². The Hall–Kier alpha value is -2.43. The molecular weight excluding hydrogens is 218 g/mol. The van der Waals surface area contributed by atoms with Gasteiger partial charge in [-0.25, -0.2) is 4.98 Å². The Bertz CT molecular complexity index is 538. The summed E-state index contributed by atoms with van der Waals surface area (Å²) in [4.78, 5) is 19.5. The second kappa shape index (κ2) is 4.61. The SMILES string of the molecule is Cc1ccc(NC(=O)c2ccncc2O)nc1. The van der Waals surface area contributed by atoms with Gasteiger partial charge in [0.2, 0.25) is 0 Å². The third-order valence-electron chi connectivity index (χ3n) is 2.20. The molecule has 2 N–H and O–H groups in total. The first-order valence-corrected chi connectivity index (χ1v) is 5.04. The molecule has 0 aliphatic heterocycles. The summed E-state index contributed by atoms with van der Waals surface area (Å²) in [5, 5.41) is 12.0. The summed E-state index contributed by atoms with van der Waals surface area (Å²) in [6.45, 7) is 1.91. The van der Waals surface area contributed by atoms with Crippen molar-refractivity contribution in [1.82, 2.24) is 9.97 Å². The van der Waals surface area contributed by atoms with Crippen LogP contribution in [0.5, 0.6) is 5.75 Å². The van der Waals surface area contributed by atoms with E-state index < -0.39 is 5.91 Å². The van der Waals surface area contributed by atoms with Gasteiger partial charge in [0.15, 0.2) is 0 Å². The smallest absolute Gasteiger partial charge is 0.260 e. The fourth-order valence-corrected chi connectivity index (χ4v) is 1.30. The number of amides is 1. The number of carbonyl (C=O) groups excluding carboxylic acids is 1. The van der Waals surface area contributed by atoms with Crippen LogP contribution >= 0.6 is 0 Å². The van der Waals surface area contributed by atoms with Crippen LogP contribution in [0, 0.1) is 6.92 Å². The van der Waals surface area contributed by atoms with Crippen LogP contribution in [0.15, 0.2) is 36.8 Å². The molecule has 0 saturated carbocycles. The summed E-state index contributed by atoms with van der Waals surface area (Å²) < 4.78 is 0. The van der Waals surface area contributed by atoms with E-state index in [1.54, 1.807) is 12.3 Å². The molecule has 0 unspecified atom stereocenters. The van der Waals surface area contributed by atoms with Gasteiger partial charge in [0, 0.05) is 12.4 Å². The second-order valence-electron chi connectivity index (χ2n) is 3.57. The maximum Gasteiger partial charge on any atom is 0.260 e. The molecule has 5 heteroatoms. The van der Waals surface area contributed by atoms with E-state index in [0.29, 0.717) is 5.82 Å². The van der Waals surface area contributed by atoms with Gasteiger partial charge in [0.05, 0.1) is 11.8 Å². The molecular formula is C12H11N3O2. The van der Waals surface area contributed by atoms with Crippen molar-refractivity contribution in [2.45, 2.75) is 6.92 Å². The molecule has 0 aliphatic carbocycles. The highest BCUT2D eigenvalue weighted by atomic mass is 16.3. The summed E-state index contributed by atoms with van der Waals surface area (Å²) in [5.74, 6) is -0.129. The molecule has 5 nitrogen and oxygen atoms in total. The van der Waals surface area contributed by atoms with Gasteiger partial charge in [0.25, 0.3) is 5.91 Å². The highest BCUT2D eigenvalue weighted by molar-refractivity contribution is 6.05. The lowest BCUT2D eigenvalue weighted by Gasteiger charge is -2.05. The zero-order valence-corrected chi connectivity index (χ0v) is 9.21. The first-order chi connectivity index (χ1) is 8.16. The Morgan fingerprint density at radius 1 is 1.29 bits per heavy atom. The normalized spacial score (nSPS) is 9.94. The second-order valence-corrected chi connectivity index (χ2v) is 3.57. The van der Waals surface area contributed by atoms with Crippen molar-refractivity contribution < 1.29 is 9.90 Å². The monoisotopic (exact) mass is 229 g/mol. The molecule has 1 amide bonds. The maximum atomic E-state index is 11.8. The van der Waals surface area contributed by atoms with Gasteiger partial charge in [-0.05, 0) is 24.6 Å². The number of aryl methyl sites for hydroxylation is 1. The van der Waals surface area contributed by atoms with Crippen molar-refractivity contribution in [2.75, 3.05) is 5.32 Å². The quantitative estimate of drug-likeness (QED) is 0.822. The standard InChI is InChI=1S/C12H11N3O2/c1-8-2-3-11(14-6-8)15-12(17)9-4-5-13-7-10(9)16/h2-7,16H,1H3,(H,14,15,17). The summed E-state index contributed by atoms with van der Waals surface area (Å²) in [5.41, 5.74) is 1.18. The van der Waals surface area contributed by atoms with Gasteiger partial charge in [-0.2, -0.15) is 0 Å². The lowest BCUT2D eigenvalue weighted by molar-refractivity contribution is 0.102. The van der Waals surface area contributed by atoms with Crippen LogP contribution in [0.25, 0.3) is 0 Å². The summed E-state index contributed by atoms with van der Waals surface area (Å²) in [6.07, 6.45) is 4.32. The molecule has 17 heavy (non-hydrogen) atoms. The minimum atomic E-state index is -0.416. The van der Waals surface area contributed by atoms with E-state index >= 15 is 0 Å². The summed E-state index contributed by atoms with van der Waals surface area (Å²) >= 11 is 0. The minimum Gasteiger partial charge on any atom is -0.505 e. The average Bonchev–Trinajstić information content (AvgIpc) is 2.32. The van der Waals surface area contributed by atoms with E-state index in [-0.39, 0.29) is 11.3 Å². The van der Waals surface area contributed by atoms with Crippen LogP contribution in [-0.2, 0) is 0 Å². The van der Waals surface area contributed by atoms with Crippen molar-refractivity contribution in [3.05, 3.63) is 47.9 Å². The number of hydrogen-bond donors (Lipinski definition) is 2. The topological polar surface area (TPSA) is 75.1 Å². The van der Waals surface area contributed by atoms with Gasteiger partial charge >= 0.3 is 0 Å². The fraction of sp³-hybridized carbons (Fsp3) is 0.0833. The zero-order valence-electron chi connectivity index (χ0n) is 9.21. The van der Waals surface area contributed by atoms with E-state index in [4.69, 9.17) is 0 Å². The molecule has 0 bridgehead atoms. The van der Waals surface area contributed by atoms with Crippen molar-refractivity contribution in [3.8, 4) is 5.75 Å². The van der Waals surface area contributed by atoms with Gasteiger partial charge in [0.1, 0.15) is 11.6 Å². The Morgan fingerprint density at radius 3 is 2.76 bits per heavy atom. The number of pyridine rings is 2. The zero-order chi connectivity index (χ0) is 12.3. The molecule has 0 spiro atoms. The van der Waals surface area contributed by atoms with Crippen LogP contribution in [0.2, 0.25) is 0 Å². The fourth-order valence-electron chi connectivity index (χ4n) is 1.30. The maximum absolute atomic E-state index is 11.8. The van der Waals surface area contributed by atoms with E-state index in [9.17, 15) is 9.90 Å². The molecule has 2 rings (SSSR count). The Labute approximate surface area is 98.2 Å². The summed E-state index contributed by atoms with van der Waals surface area (Å²) in [7, 11) is 0. The molecule has 0 fully saturated rings. The Morgan fingerprint density at radius 2 is 2.12 bits per heavy atom. The first kappa shape index (κ1) is 11.1. The third-order valence-corrected chi connectivity index (χ3v) is 2.20.